The summed E-state index contributed by atoms with van der Waals surface area (Å²) in [5.41, 5.74) is 0. The largest absolute Gasteiger partial charge is 0.481 e. The average Bonchev–Trinajstić information content (AvgIpc) is 2.75. The summed E-state index contributed by atoms with van der Waals surface area (Å²) in [4.78, 5) is 15.0. The van der Waals surface area contributed by atoms with Gasteiger partial charge in [-0.15, -0.1) is 11.3 Å². The lowest BCUT2D eigenvalue weighted by Crippen LogP contribution is -2.29. The van der Waals surface area contributed by atoms with Gasteiger partial charge in [-0.3, -0.25) is 4.79 Å². The number of carbonyl (C=O) groups is 1. The fraction of sp³-hybridized carbons (Fsp3) is 0.556. The molecule has 0 radical (unpaired) electrons. The summed E-state index contributed by atoms with van der Waals surface area (Å²) in [6, 6.07) is -0.00952. The molecule has 2 unspecified atom stereocenters. The second kappa shape index (κ2) is 4.37. The van der Waals surface area contributed by atoms with E-state index in [-0.39, 0.29) is 12.0 Å². The molecule has 1 saturated carbocycles. The molecule has 0 bridgehead atoms. The third-order valence-corrected chi connectivity index (χ3v) is 3.71. The number of nitrogens with one attached hydrogen (secondary N) is 1. The van der Waals surface area contributed by atoms with Crippen LogP contribution in [0.15, 0.2) is 5.38 Å². The van der Waals surface area contributed by atoms with E-state index in [1.165, 1.54) is 11.3 Å². The Labute approximate surface area is 96.3 Å². The Kier molecular flexibility index (Phi) is 3.11. The second-order valence-electron chi connectivity index (χ2n) is 3.60. The Hall–Kier alpha value is -0.810. The molecule has 1 aliphatic rings. The molecule has 2 atom stereocenters. The molecule has 0 saturated heterocycles. The normalized spacial score (nSPS) is 25.4. The van der Waals surface area contributed by atoms with Gasteiger partial charge in [0.25, 0.3) is 0 Å². The van der Waals surface area contributed by atoms with Gasteiger partial charge in [0.05, 0.1) is 5.92 Å². The Morgan fingerprint density at radius 1 is 1.67 bits per heavy atom. The van der Waals surface area contributed by atoms with E-state index in [1.54, 1.807) is 5.38 Å². The van der Waals surface area contributed by atoms with Crippen LogP contribution in [-0.4, -0.2) is 22.1 Å². The number of carboxylic acids is 1. The van der Waals surface area contributed by atoms with E-state index >= 15 is 0 Å². The zero-order valence-electron chi connectivity index (χ0n) is 7.94. The van der Waals surface area contributed by atoms with Crippen molar-refractivity contribution in [3.63, 3.8) is 0 Å². The van der Waals surface area contributed by atoms with Crippen molar-refractivity contribution in [3.8, 4) is 0 Å². The van der Waals surface area contributed by atoms with Crippen LogP contribution in [0.1, 0.15) is 19.3 Å². The number of hydrogen-bond acceptors (Lipinski definition) is 4. The molecule has 15 heavy (non-hydrogen) atoms. The molecule has 6 heteroatoms. The maximum atomic E-state index is 10.9. The van der Waals surface area contributed by atoms with Crippen LogP contribution < -0.4 is 5.32 Å². The van der Waals surface area contributed by atoms with E-state index < -0.39 is 5.97 Å². The molecule has 1 heterocycles. The van der Waals surface area contributed by atoms with Gasteiger partial charge < -0.3 is 10.4 Å². The monoisotopic (exact) mass is 246 g/mol. The summed E-state index contributed by atoms with van der Waals surface area (Å²) in [6.07, 6.45) is 2.58. The highest BCUT2D eigenvalue weighted by molar-refractivity contribution is 7.14. The van der Waals surface area contributed by atoms with E-state index in [4.69, 9.17) is 16.7 Å². The molecule has 0 amide bonds. The van der Waals surface area contributed by atoms with Crippen molar-refractivity contribution in [2.75, 3.05) is 5.32 Å². The number of aliphatic carboxylic acids is 1. The number of thiazole rings is 1. The van der Waals surface area contributed by atoms with E-state index in [0.29, 0.717) is 10.3 Å². The molecule has 1 aliphatic carbocycles. The van der Waals surface area contributed by atoms with Crippen LogP contribution in [0.2, 0.25) is 5.15 Å². The maximum absolute atomic E-state index is 10.9. The van der Waals surface area contributed by atoms with Crippen molar-refractivity contribution in [1.82, 2.24) is 4.98 Å². The highest BCUT2D eigenvalue weighted by Crippen LogP contribution is 2.30. The first-order chi connectivity index (χ1) is 7.16. The molecule has 2 rings (SSSR count). The lowest BCUT2D eigenvalue weighted by Gasteiger charge is -2.16. The first kappa shape index (κ1) is 10.7. The highest BCUT2D eigenvalue weighted by atomic mass is 35.5. The lowest BCUT2D eigenvalue weighted by atomic mass is 10.0. The molecule has 0 spiro atoms. The fourth-order valence-electron chi connectivity index (χ4n) is 1.91. The SMILES string of the molecule is O=C(O)C1CCCC1Nc1nc(Cl)cs1. The predicted molar refractivity (Wildman–Crippen MR) is 59.5 cm³/mol. The highest BCUT2D eigenvalue weighted by Gasteiger charge is 2.33. The van der Waals surface area contributed by atoms with Crippen LogP contribution in [0.5, 0.6) is 0 Å². The maximum Gasteiger partial charge on any atom is 0.308 e. The molecule has 4 nitrogen and oxygen atoms in total. The minimum Gasteiger partial charge on any atom is -0.481 e. The number of aromatic nitrogens is 1. The molecular formula is C9H11ClN2O2S. The molecule has 1 aromatic rings. The van der Waals surface area contributed by atoms with E-state index in [2.05, 4.69) is 10.3 Å². The number of nitrogens with zero attached hydrogens (tertiary/aromatic N) is 1. The van der Waals surface area contributed by atoms with Crippen LogP contribution in [0.3, 0.4) is 0 Å². The minimum absolute atomic E-state index is 0.00952. The van der Waals surface area contributed by atoms with Crippen molar-refractivity contribution >= 4 is 34.0 Å². The van der Waals surface area contributed by atoms with Gasteiger partial charge in [0.1, 0.15) is 5.15 Å². The Morgan fingerprint density at radius 3 is 3.07 bits per heavy atom. The zero-order valence-corrected chi connectivity index (χ0v) is 9.51. The van der Waals surface area contributed by atoms with Crippen LogP contribution in [0.4, 0.5) is 5.13 Å². The van der Waals surface area contributed by atoms with Crippen molar-refractivity contribution in [1.29, 1.82) is 0 Å². The van der Waals surface area contributed by atoms with Crippen molar-refractivity contribution in [2.24, 2.45) is 5.92 Å². The third kappa shape index (κ3) is 2.41. The van der Waals surface area contributed by atoms with E-state index in [0.717, 1.165) is 19.3 Å². The van der Waals surface area contributed by atoms with Gasteiger partial charge in [0.15, 0.2) is 5.13 Å². The standard InChI is InChI=1S/C9H11ClN2O2S/c10-7-4-15-9(12-7)11-6-3-1-2-5(6)8(13)14/h4-6H,1-3H2,(H,11,12)(H,13,14). The Balaban J connectivity index is 2.02. The topological polar surface area (TPSA) is 62.2 Å². The fourth-order valence-corrected chi connectivity index (χ4v) is 2.81. The van der Waals surface area contributed by atoms with Gasteiger partial charge in [-0.05, 0) is 12.8 Å². The van der Waals surface area contributed by atoms with Gasteiger partial charge in [-0.25, -0.2) is 4.98 Å². The Morgan fingerprint density at radius 2 is 2.47 bits per heavy atom. The van der Waals surface area contributed by atoms with Crippen molar-refractivity contribution in [2.45, 2.75) is 25.3 Å². The number of rotatable bonds is 3. The lowest BCUT2D eigenvalue weighted by molar-refractivity contribution is -0.141. The molecule has 82 valence electrons. The van der Waals surface area contributed by atoms with Gasteiger partial charge in [0, 0.05) is 11.4 Å². The Bertz CT molecular complexity index is 369. The van der Waals surface area contributed by atoms with Crippen LogP contribution in [0.25, 0.3) is 0 Å². The molecule has 2 N–H and O–H groups in total. The summed E-state index contributed by atoms with van der Waals surface area (Å²) < 4.78 is 0. The van der Waals surface area contributed by atoms with Crippen LogP contribution in [0, 0.1) is 5.92 Å². The minimum atomic E-state index is -0.729. The van der Waals surface area contributed by atoms with Crippen LogP contribution in [-0.2, 0) is 4.79 Å². The van der Waals surface area contributed by atoms with Gasteiger partial charge >= 0.3 is 5.97 Å². The zero-order chi connectivity index (χ0) is 10.8. The quantitative estimate of drug-likeness (QED) is 0.860. The first-order valence-electron chi connectivity index (χ1n) is 4.77. The van der Waals surface area contributed by atoms with Gasteiger partial charge in [0.2, 0.25) is 0 Å². The summed E-state index contributed by atoms with van der Waals surface area (Å²) in [5.74, 6) is -1.03. The molecule has 1 aromatic heterocycles. The molecule has 0 aliphatic heterocycles. The number of hydrogen-bond donors (Lipinski definition) is 2. The number of anilines is 1. The molecular weight excluding hydrogens is 236 g/mol. The van der Waals surface area contributed by atoms with Gasteiger partial charge in [-0.2, -0.15) is 0 Å². The van der Waals surface area contributed by atoms with Gasteiger partial charge in [-0.1, -0.05) is 18.0 Å². The van der Waals surface area contributed by atoms with E-state index in [9.17, 15) is 4.79 Å². The predicted octanol–water partition coefficient (Wildman–Crippen LogP) is 2.46. The average molecular weight is 247 g/mol. The number of carboxylic acid groups (broad SMARTS) is 1. The summed E-state index contributed by atoms with van der Waals surface area (Å²) in [6.45, 7) is 0. The first-order valence-corrected chi connectivity index (χ1v) is 6.03. The number of halogens is 1. The summed E-state index contributed by atoms with van der Waals surface area (Å²) in [5, 5.41) is 15.0. The van der Waals surface area contributed by atoms with E-state index in [1.807, 2.05) is 0 Å². The molecule has 0 aromatic carbocycles. The summed E-state index contributed by atoms with van der Waals surface area (Å²) in [7, 11) is 0. The van der Waals surface area contributed by atoms with Crippen molar-refractivity contribution in [3.05, 3.63) is 10.5 Å². The van der Waals surface area contributed by atoms with Crippen molar-refractivity contribution < 1.29 is 9.90 Å². The second-order valence-corrected chi connectivity index (χ2v) is 4.85. The third-order valence-electron chi connectivity index (χ3n) is 2.62. The van der Waals surface area contributed by atoms with Crippen LogP contribution >= 0.6 is 22.9 Å². The smallest absolute Gasteiger partial charge is 0.308 e. The summed E-state index contributed by atoms with van der Waals surface area (Å²) >= 11 is 7.09. The molecule has 1 fully saturated rings.